The first kappa shape index (κ1) is 9.65. The van der Waals surface area contributed by atoms with E-state index in [1.807, 2.05) is 51.0 Å². The molecule has 0 heterocycles. The van der Waals surface area contributed by atoms with Gasteiger partial charge in [0.25, 0.3) is 0 Å². The van der Waals surface area contributed by atoms with Gasteiger partial charge in [0.2, 0.25) is 0 Å². The van der Waals surface area contributed by atoms with E-state index in [4.69, 9.17) is 4.52 Å². The van der Waals surface area contributed by atoms with E-state index in [0.29, 0.717) is 6.61 Å². The van der Waals surface area contributed by atoms with E-state index in [0.717, 1.165) is 6.42 Å². The fraction of sp³-hybridized carbons (Fsp3) is 1.00. The van der Waals surface area contributed by atoms with Crippen LogP contribution >= 0.6 is 46.7 Å². The molecule has 0 aliphatic rings. The van der Waals surface area contributed by atoms with Gasteiger partial charge in [-0.1, -0.05) is 6.92 Å². The predicted molar refractivity (Wildman–Crippen MR) is 51.9 cm³/mol. The molecular formula is C3H7I2O2P. The Morgan fingerprint density at radius 2 is 2.12 bits per heavy atom. The predicted octanol–water partition coefficient (Wildman–Crippen LogP) is 3.39. The number of hydrogen-bond donors (Lipinski definition) is 0. The maximum Gasteiger partial charge on any atom is 0.315 e. The van der Waals surface area contributed by atoms with Crippen molar-refractivity contribution in [3.63, 3.8) is 0 Å². The molecule has 0 N–H and O–H groups in total. The molecular weight excluding hydrogens is 353 g/mol. The van der Waals surface area contributed by atoms with E-state index in [2.05, 4.69) is 0 Å². The molecule has 0 unspecified atom stereocenters. The van der Waals surface area contributed by atoms with Gasteiger partial charge in [-0.15, -0.1) is 0 Å². The van der Waals surface area contributed by atoms with Crippen LogP contribution in [-0.2, 0) is 9.09 Å². The zero-order valence-corrected chi connectivity index (χ0v) is 9.64. The Hall–Kier alpha value is 1.65. The van der Waals surface area contributed by atoms with Gasteiger partial charge in [0.05, 0.1) is 6.61 Å². The molecule has 50 valence electrons. The normalized spacial score (nSPS) is 11.9. The SMILES string of the molecule is CCCOP(=O)(I)I. The van der Waals surface area contributed by atoms with Gasteiger partial charge < -0.3 is 4.52 Å². The summed E-state index contributed by atoms with van der Waals surface area (Å²) in [5.41, 5.74) is 0. The molecule has 0 saturated heterocycles. The van der Waals surface area contributed by atoms with Crippen molar-refractivity contribution >= 4 is 46.7 Å². The van der Waals surface area contributed by atoms with E-state index in [1.165, 1.54) is 0 Å². The van der Waals surface area contributed by atoms with Crippen molar-refractivity contribution in [2.24, 2.45) is 0 Å². The molecule has 5 heteroatoms. The highest BCUT2D eigenvalue weighted by Gasteiger charge is 2.09. The van der Waals surface area contributed by atoms with Gasteiger partial charge in [-0.05, 0) is 6.42 Å². The molecule has 0 aromatic rings. The van der Waals surface area contributed by atoms with Crippen LogP contribution < -0.4 is 0 Å². The third-order valence-corrected chi connectivity index (χ3v) is 2.60. The molecule has 0 amide bonds. The van der Waals surface area contributed by atoms with Gasteiger partial charge in [0, 0.05) is 44.1 Å². The van der Waals surface area contributed by atoms with E-state index in [1.54, 1.807) is 0 Å². The van der Waals surface area contributed by atoms with Crippen LogP contribution in [0.25, 0.3) is 0 Å². The van der Waals surface area contributed by atoms with Crippen molar-refractivity contribution in [2.45, 2.75) is 13.3 Å². The number of halogens is 2. The largest absolute Gasteiger partial charge is 0.315 e. The lowest BCUT2D eigenvalue weighted by Gasteiger charge is -2.00. The third kappa shape index (κ3) is 7.65. The zero-order valence-electron chi connectivity index (χ0n) is 4.43. The fourth-order valence-electron chi connectivity index (χ4n) is 0.198. The van der Waals surface area contributed by atoms with Crippen LogP contribution in [0.1, 0.15) is 13.3 Å². The maximum absolute atomic E-state index is 10.7. The Morgan fingerprint density at radius 1 is 1.62 bits per heavy atom. The Kier molecular flexibility index (Phi) is 5.38. The molecule has 0 aliphatic heterocycles. The quantitative estimate of drug-likeness (QED) is 0.570. The van der Waals surface area contributed by atoms with Crippen LogP contribution in [0.5, 0.6) is 0 Å². The second-order valence-electron chi connectivity index (χ2n) is 1.25. The maximum atomic E-state index is 10.7. The zero-order chi connectivity index (χ0) is 6.62. The van der Waals surface area contributed by atoms with Gasteiger partial charge in [-0.3, -0.25) is 4.57 Å². The van der Waals surface area contributed by atoms with Gasteiger partial charge >= 0.3 is 2.65 Å². The first-order valence-electron chi connectivity index (χ1n) is 2.20. The number of hydrogen-bond acceptors (Lipinski definition) is 2. The summed E-state index contributed by atoms with van der Waals surface area (Å²) >= 11 is 3.64. The molecule has 2 nitrogen and oxygen atoms in total. The van der Waals surface area contributed by atoms with Crippen LogP contribution in [0.15, 0.2) is 0 Å². The Morgan fingerprint density at radius 3 is 2.25 bits per heavy atom. The Bertz CT molecular complexity index is 99.5. The minimum atomic E-state index is -2.24. The van der Waals surface area contributed by atoms with Crippen LogP contribution in [-0.4, -0.2) is 6.61 Å². The fourth-order valence-corrected chi connectivity index (χ4v) is 1.77. The van der Waals surface area contributed by atoms with Crippen molar-refractivity contribution in [3.05, 3.63) is 0 Å². The molecule has 0 atom stereocenters. The van der Waals surface area contributed by atoms with E-state index < -0.39 is 2.65 Å². The summed E-state index contributed by atoms with van der Waals surface area (Å²) in [6.45, 7) is 2.59. The van der Waals surface area contributed by atoms with Gasteiger partial charge in [0.1, 0.15) is 0 Å². The minimum absolute atomic E-state index is 0.600. The van der Waals surface area contributed by atoms with Crippen molar-refractivity contribution in [1.29, 1.82) is 0 Å². The smallest absolute Gasteiger partial charge is 0.315 e. The van der Waals surface area contributed by atoms with Crippen molar-refractivity contribution in [1.82, 2.24) is 0 Å². The molecule has 8 heavy (non-hydrogen) atoms. The molecule has 0 spiro atoms. The summed E-state index contributed by atoms with van der Waals surface area (Å²) in [6.07, 6.45) is 0.927. The van der Waals surface area contributed by atoms with Crippen LogP contribution in [0.4, 0.5) is 0 Å². The van der Waals surface area contributed by atoms with Gasteiger partial charge in [0.15, 0.2) is 0 Å². The lowest BCUT2D eigenvalue weighted by Crippen LogP contribution is -1.80. The van der Waals surface area contributed by atoms with Crippen molar-refractivity contribution < 1.29 is 9.09 Å². The Labute approximate surface area is 75.2 Å². The molecule has 0 bridgehead atoms. The first-order chi connectivity index (χ1) is 3.56. The molecule has 0 aromatic carbocycles. The topological polar surface area (TPSA) is 26.3 Å². The molecule has 0 aliphatic carbocycles. The molecule has 0 fully saturated rings. The monoisotopic (exact) mass is 360 g/mol. The summed E-state index contributed by atoms with van der Waals surface area (Å²) in [7, 11) is 0. The van der Waals surface area contributed by atoms with Gasteiger partial charge in [-0.2, -0.15) is 0 Å². The third-order valence-electron chi connectivity index (χ3n) is 0.446. The highest BCUT2D eigenvalue weighted by atomic mass is 127. The Balaban J connectivity index is 3.26. The van der Waals surface area contributed by atoms with Crippen molar-refractivity contribution in [3.8, 4) is 0 Å². The van der Waals surface area contributed by atoms with E-state index >= 15 is 0 Å². The molecule has 0 aromatic heterocycles. The lowest BCUT2D eigenvalue weighted by atomic mass is 10.5. The first-order valence-corrected chi connectivity index (χ1v) is 9.39. The summed E-state index contributed by atoms with van der Waals surface area (Å²) in [5.74, 6) is 0. The van der Waals surface area contributed by atoms with Crippen LogP contribution in [0.2, 0.25) is 0 Å². The second-order valence-corrected chi connectivity index (χ2v) is 15.5. The highest BCUT2D eigenvalue weighted by molar-refractivity contribution is 14.3. The highest BCUT2D eigenvalue weighted by Crippen LogP contribution is 2.63. The summed E-state index contributed by atoms with van der Waals surface area (Å²) in [6, 6.07) is 0. The average Bonchev–Trinajstić information content (AvgIpc) is 1.59. The molecule has 0 rings (SSSR count). The number of rotatable bonds is 3. The van der Waals surface area contributed by atoms with E-state index in [9.17, 15) is 4.57 Å². The van der Waals surface area contributed by atoms with Gasteiger partial charge in [-0.25, -0.2) is 0 Å². The second kappa shape index (κ2) is 4.46. The van der Waals surface area contributed by atoms with Crippen molar-refractivity contribution in [2.75, 3.05) is 6.61 Å². The van der Waals surface area contributed by atoms with E-state index in [-0.39, 0.29) is 0 Å². The van der Waals surface area contributed by atoms with Crippen LogP contribution in [0.3, 0.4) is 0 Å². The van der Waals surface area contributed by atoms with Crippen LogP contribution in [0, 0.1) is 0 Å². The standard InChI is InChI=1S/C3H7I2O2P/c1-2-3-7-8(4,5)6/h2-3H2,1H3. The summed E-state index contributed by atoms with van der Waals surface area (Å²) in [4.78, 5) is 0. The minimum Gasteiger partial charge on any atom is -0.315 e. The summed E-state index contributed by atoms with van der Waals surface area (Å²) < 4.78 is 13.4. The summed E-state index contributed by atoms with van der Waals surface area (Å²) in [5, 5.41) is 0. The molecule has 0 radical (unpaired) electrons. The molecule has 0 saturated carbocycles. The average molecular weight is 360 g/mol. The lowest BCUT2D eigenvalue weighted by molar-refractivity contribution is 0.339.